The van der Waals surface area contributed by atoms with Gasteiger partial charge in [-0.3, -0.25) is 9.67 Å². The molecule has 3 rings (SSSR count). The third-order valence-electron chi connectivity index (χ3n) is 3.92. The van der Waals surface area contributed by atoms with E-state index in [2.05, 4.69) is 20.7 Å². The van der Waals surface area contributed by atoms with Gasteiger partial charge in [0.2, 0.25) is 0 Å². The maximum Gasteiger partial charge on any atom is 0.338 e. The summed E-state index contributed by atoms with van der Waals surface area (Å²) < 4.78 is 7.01. The van der Waals surface area contributed by atoms with Gasteiger partial charge in [-0.2, -0.15) is 5.10 Å². The number of carbonyl (C=O) groups is 1. The second-order valence-electron chi connectivity index (χ2n) is 5.65. The first kappa shape index (κ1) is 16.3. The number of nitrogens with one attached hydrogen (secondary N) is 2. The summed E-state index contributed by atoms with van der Waals surface area (Å²) in [6.07, 6.45) is 3.87. The number of hydrogen-bond donors (Lipinski definition) is 2. The fraction of sp³-hybridized carbons (Fsp3) is 0.471. The van der Waals surface area contributed by atoms with Crippen LogP contribution in [-0.2, 0) is 11.3 Å². The first-order valence-electron chi connectivity index (χ1n) is 8.43. The van der Waals surface area contributed by atoms with Crippen molar-refractivity contribution in [2.75, 3.05) is 26.2 Å². The number of unbranched alkanes of at least 4 members (excludes halogenated alkanes) is 1. The number of aliphatic imine (C=N–C) groups is 1. The van der Waals surface area contributed by atoms with Crippen molar-refractivity contribution in [3.63, 3.8) is 0 Å². The summed E-state index contributed by atoms with van der Waals surface area (Å²) in [4.78, 5) is 16.1. The molecule has 0 saturated heterocycles. The molecule has 24 heavy (non-hydrogen) atoms. The molecular formula is C17H23N5O2. The zero-order chi connectivity index (χ0) is 16.8. The molecule has 7 nitrogen and oxygen atoms in total. The molecule has 7 heteroatoms. The van der Waals surface area contributed by atoms with Gasteiger partial charge >= 0.3 is 5.97 Å². The van der Waals surface area contributed by atoms with Gasteiger partial charge in [-0.1, -0.05) is 0 Å². The molecule has 1 aromatic carbocycles. The molecule has 0 fully saturated rings. The van der Waals surface area contributed by atoms with Crippen LogP contribution in [0, 0.1) is 0 Å². The number of aryl methyl sites for hydroxylation is 1. The van der Waals surface area contributed by atoms with Crippen molar-refractivity contribution < 1.29 is 9.53 Å². The van der Waals surface area contributed by atoms with Gasteiger partial charge in [0, 0.05) is 25.0 Å². The van der Waals surface area contributed by atoms with Crippen molar-refractivity contribution in [2.45, 2.75) is 26.3 Å². The Bertz CT molecular complexity index is 738. The number of aromatic nitrogens is 2. The maximum atomic E-state index is 11.8. The molecule has 0 radical (unpaired) electrons. The minimum Gasteiger partial charge on any atom is -0.462 e. The monoisotopic (exact) mass is 329 g/mol. The molecule has 1 aliphatic heterocycles. The highest BCUT2D eigenvalue weighted by atomic mass is 16.5. The van der Waals surface area contributed by atoms with Gasteiger partial charge in [0.1, 0.15) is 0 Å². The second-order valence-corrected chi connectivity index (χ2v) is 5.65. The fourth-order valence-electron chi connectivity index (χ4n) is 2.72. The predicted octanol–water partition coefficient (Wildman–Crippen LogP) is 1.54. The quantitative estimate of drug-likeness (QED) is 0.595. The van der Waals surface area contributed by atoms with Crippen molar-refractivity contribution >= 4 is 22.8 Å². The fourth-order valence-corrected chi connectivity index (χ4v) is 2.72. The number of benzene rings is 1. The number of fused-ring (bicyclic) bond motifs is 1. The second kappa shape index (κ2) is 7.81. The van der Waals surface area contributed by atoms with E-state index >= 15 is 0 Å². The van der Waals surface area contributed by atoms with Crippen LogP contribution < -0.4 is 10.6 Å². The van der Waals surface area contributed by atoms with Gasteiger partial charge in [0.25, 0.3) is 0 Å². The van der Waals surface area contributed by atoms with Crippen molar-refractivity contribution in [1.82, 2.24) is 20.4 Å². The van der Waals surface area contributed by atoms with Gasteiger partial charge in [-0.15, -0.1) is 0 Å². The van der Waals surface area contributed by atoms with E-state index in [0.29, 0.717) is 12.2 Å². The number of hydrogen-bond acceptors (Lipinski definition) is 6. The number of carbonyl (C=O) groups excluding carboxylic acids is 1. The summed E-state index contributed by atoms with van der Waals surface area (Å²) in [5, 5.41) is 11.9. The molecule has 0 bridgehead atoms. The minimum absolute atomic E-state index is 0.290. The van der Waals surface area contributed by atoms with Crippen LogP contribution in [0.15, 0.2) is 29.4 Å². The number of esters is 1. The van der Waals surface area contributed by atoms with Crippen molar-refractivity contribution in [3.8, 4) is 0 Å². The Morgan fingerprint density at radius 1 is 1.42 bits per heavy atom. The zero-order valence-electron chi connectivity index (χ0n) is 13.9. The van der Waals surface area contributed by atoms with Crippen LogP contribution in [0.2, 0.25) is 0 Å². The Balaban J connectivity index is 1.52. The van der Waals surface area contributed by atoms with Crippen molar-refractivity contribution in [1.29, 1.82) is 0 Å². The number of ether oxygens (including phenoxy) is 1. The van der Waals surface area contributed by atoms with E-state index in [9.17, 15) is 4.79 Å². The minimum atomic E-state index is -0.290. The van der Waals surface area contributed by atoms with E-state index in [4.69, 9.17) is 4.74 Å². The molecule has 2 N–H and O–H groups in total. The van der Waals surface area contributed by atoms with Gasteiger partial charge in [0.15, 0.2) is 5.96 Å². The summed E-state index contributed by atoms with van der Waals surface area (Å²) in [5.41, 5.74) is 1.61. The van der Waals surface area contributed by atoms with Crippen molar-refractivity contribution in [3.05, 3.63) is 30.0 Å². The average Bonchev–Trinajstić information content (AvgIpc) is 3.24. The molecule has 1 aromatic heterocycles. The average molecular weight is 329 g/mol. The molecule has 2 aromatic rings. The highest BCUT2D eigenvalue weighted by molar-refractivity contribution is 5.94. The maximum absolute atomic E-state index is 11.8. The first-order chi connectivity index (χ1) is 11.8. The first-order valence-corrected chi connectivity index (χ1v) is 8.43. The van der Waals surface area contributed by atoms with Crippen molar-refractivity contribution in [2.24, 2.45) is 4.99 Å². The van der Waals surface area contributed by atoms with E-state index in [-0.39, 0.29) is 5.97 Å². The van der Waals surface area contributed by atoms with E-state index in [1.807, 2.05) is 16.8 Å². The van der Waals surface area contributed by atoms with Crippen LogP contribution in [0.3, 0.4) is 0 Å². The lowest BCUT2D eigenvalue weighted by atomic mass is 10.1. The van der Waals surface area contributed by atoms with Crippen LogP contribution in [0.1, 0.15) is 30.1 Å². The van der Waals surface area contributed by atoms with Crippen LogP contribution in [-0.4, -0.2) is 48.0 Å². The molecule has 1 aliphatic rings. The van der Waals surface area contributed by atoms with Crippen LogP contribution in [0.5, 0.6) is 0 Å². The highest BCUT2D eigenvalue weighted by Gasteiger charge is 2.09. The number of guanidine groups is 1. The largest absolute Gasteiger partial charge is 0.462 e. The Labute approximate surface area is 141 Å². The molecule has 0 spiro atoms. The molecule has 2 heterocycles. The standard InChI is InChI=1S/C17H23N5O2/c1-2-24-16(23)13-5-6-15-14(11-13)12-21-22(15)10-4-3-7-18-17-19-8-9-20-17/h5-6,11-12H,2-4,7-10H2,1H3,(H2,18,19,20). The van der Waals surface area contributed by atoms with Crippen LogP contribution in [0.25, 0.3) is 10.9 Å². The van der Waals surface area contributed by atoms with Gasteiger partial charge < -0.3 is 15.4 Å². The summed E-state index contributed by atoms with van der Waals surface area (Å²) in [6.45, 7) is 5.72. The zero-order valence-corrected chi connectivity index (χ0v) is 13.9. The van der Waals surface area contributed by atoms with E-state index in [1.54, 1.807) is 19.2 Å². The summed E-state index contributed by atoms with van der Waals surface area (Å²) in [7, 11) is 0. The summed E-state index contributed by atoms with van der Waals surface area (Å²) >= 11 is 0. The molecule has 0 amide bonds. The Morgan fingerprint density at radius 3 is 3.12 bits per heavy atom. The normalized spacial score (nSPS) is 13.6. The molecule has 0 saturated carbocycles. The number of nitrogens with zero attached hydrogens (tertiary/aromatic N) is 3. The Kier molecular flexibility index (Phi) is 5.30. The van der Waals surface area contributed by atoms with Crippen LogP contribution >= 0.6 is 0 Å². The Morgan fingerprint density at radius 2 is 2.33 bits per heavy atom. The van der Waals surface area contributed by atoms with E-state index in [1.165, 1.54) is 0 Å². The van der Waals surface area contributed by atoms with E-state index in [0.717, 1.165) is 55.9 Å². The Hall–Kier alpha value is -2.57. The molecule has 0 aliphatic carbocycles. The topological polar surface area (TPSA) is 80.5 Å². The van der Waals surface area contributed by atoms with Gasteiger partial charge in [0.05, 0.1) is 30.4 Å². The van der Waals surface area contributed by atoms with Gasteiger partial charge in [-0.05, 0) is 38.0 Å². The molecule has 0 atom stereocenters. The highest BCUT2D eigenvalue weighted by Crippen LogP contribution is 2.17. The molecular weight excluding hydrogens is 306 g/mol. The molecule has 0 unspecified atom stereocenters. The molecule has 128 valence electrons. The lowest BCUT2D eigenvalue weighted by molar-refractivity contribution is 0.0526. The number of rotatable bonds is 7. The summed E-state index contributed by atoms with van der Waals surface area (Å²) in [5.74, 6) is 0.618. The smallest absolute Gasteiger partial charge is 0.338 e. The SMILES string of the molecule is CCOC(=O)c1ccc2c(cnn2CCCCNC2=NCCN2)c1. The van der Waals surface area contributed by atoms with E-state index < -0.39 is 0 Å². The lowest BCUT2D eigenvalue weighted by Crippen LogP contribution is -2.34. The van der Waals surface area contributed by atoms with Crippen LogP contribution in [0.4, 0.5) is 0 Å². The van der Waals surface area contributed by atoms with Gasteiger partial charge in [-0.25, -0.2) is 4.79 Å². The summed E-state index contributed by atoms with van der Waals surface area (Å²) in [6, 6.07) is 5.57. The third-order valence-corrected chi connectivity index (χ3v) is 3.92. The lowest BCUT2D eigenvalue weighted by Gasteiger charge is -2.07. The third kappa shape index (κ3) is 3.84. The predicted molar refractivity (Wildman–Crippen MR) is 93.2 cm³/mol.